The number of anilines is 1. The normalized spacial score (nSPS) is 14.8. The number of sulfonamides is 1. The maximum atomic E-state index is 13.5. The summed E-state index contributed by atoms with van der Waals surface area (Å²) in [4.78, 5) is 28.3. The molecule has 2 aromatic carbocycles. The second kappa shape index (κ2) is 13.0. The lowest BCUT2D eigenvalue weighted by Crippen LogP contribution is -2.51. The van der Waals surface area contributed by atoms with Gasteiger partial charge in [0.2, 0.25) is 21.8 Å². The third kappa shape index (κ3) is 8.02. The zero-order valence-electron chi connectivity index (χ0n) is 22.0. The van der Waals surface area contributed by atoms with Gasteiger partial charge in [-0.25, -0.2) is 12.8 Å². The highest BCUT2D eigenvalue weighted by Gasteiger charge is 2.30. The van der Waals surface area contributed by atoms with E-state index < -0.39 is 16.1 Å². The Morgan fingerprint density at radius 3 is 2.32 bits per heavy atom. The first kappa shape index (κ1) is 28.6. The first-order valence-corrected chi connectivity index (χ1v) is 14.8. The summed E-state index contributed by atoms with van der Waals surface area (Å²) in [5.74, 6) is -0.789. The van der Waals surface area contributed by atoms with Crippen molar-refractivity contribution in [2.24, 2.45) is 0 Å². The van der Waals surface area contributed by atoms with Crippen LogP contribution in [0.25, 0.3) is 0 Å². The van der Waals surface area contributed by atoms with Crippen LogP contribution in [0.1, 0.15) is 63.0 Å². The van der Waals surface area contributed by atoms with E-state index in [1.165, 1.54) is 16.4 Å². The monoisotopic (exact) mass is 531 g/mol. The molecule has 0 spiro atoms. The molecule has 1 atom stereocenters. The zero-order chi connectivity index (χ0) is 27.0. The summed E-state index contributed by atoms with van der Waals surface area (Å²) in [6.07, 6.45) is 6.00. The lowest BCUT2D eigenvalue weighted by atomic mass is 10.1. The minimum atomic E-state index is -3.55. The number of carbonyl (C=O) groups excluding carboxylic acids is 2. The molecule has 2 aromatic rings. The molecule has 0 aliphatic heterocycles. The van der Waals surface area contributed by atoms with E-state index in [0.717, 1.165) is 43.1 Å². The number of amides is 2. The number of nitrogens with one attached hydrogen (secondary N) is 1. The van der Waals surface area contributed by atoms with E-state index in [1.807, 2.05) is 26.0 Å². The van der Waals surface area contributed by atoms with Gasteiger partial charge in [0.25, 0.3) is 0 Å². The molecule has 1 fully saturated rings. The molecule has 1 saturated carbocycles. The molecule has 2 amide bonds. The summed E-state index contributed by atoms with van der Waals surface area (Å²) in [6, 6.07) is 12.6. The molecule has 7 nitrogen and oxygen atoms in total. The molecule has 202 valence electrons. The maximum Gasteiger partial charge on any atom is 0.243 e. The van der Waals surface area contributed by atoms with Crippen molar-refractivity contribution in [2.75, 3.05) is 17.1 Å². The molecule has 0 saturated heterocycles. The van der Waals surface area contributed by atoms with Gasteiger partial charge in [-0.05, 0) is 61.9 Å². The molecule has 37 heavy (non-hydrogen) atoms. The van der Waals surface area contributed by atoms with Crippen LogP contribution < -0.4 is 9.62 Å². The summed E-state index contributed by atoms with van der Waals surface area (Å²) in [5.41, 5.74) is 2.13. The van der Waals surface area contributed by atoms with Gasteiger partial charge in [-0.15, -0.1) is 0 Å². The van der Waals surface area contributed by atoms with Crippen molar-refractivity contribution in [3.63, 3.8) is 0 Å². The Labute approximate surface area is 220 Å². The number of benzene rings is 2. The molecular weight excluding hydrogens is 493 g/mol. The van der Waals surface area contributed by atoms with Gasteiger partial charge in [0, 0.05) is 25.6 Å². The molecule has 9 heteroatoms. The van der Waals surface area contributed by atoms with Crippen LogP contribution in [0.15, 0.2) is 48.5 Å². The van der Waals surface area contributed by atoms with Crippen LogP contribution in [0.3, 0.4) is 0 Å². The van der Waals surface area contributed by atoms with Crippen molar-refractivity contribution in [2.45, 2.75) is 77.4 Å². The fourth-order valence-electron chi connectivity index (χ4n) is 4.90. The van der Waals surface area contributed by atoms with Crippen molar-refractivity contribution in [1.29, 1.82) is 0 Å². The highest BCUT2D eigenvalue weighted by Crippen LogP contribution is 2.23. The third-order valence-corrected chi connectivity index (χ3v) is 8.07. The van der Waals surface area contributed by atoms with Gasteiger partial charge in [0.05, 0.1) is 11.9 Å². The van der Waals surface area contributed by atoms with E-state index >= 15 is 0 Å². The second-order valence-electron chi connectivity index (χ2n) is 9.79. The Kier molecular flexibility index (Phi) is 10.1. The van der Waals surface area contributed by atoms with E-state index in [4.69, 9.17) is 0 Å². The Morgan fingerprint density at radius 1 is 1.08 bits per heavy atom. The third-order valence-electron chi connectivity index (χ3n) is 6.89. The van der Waals surface area contributed by atoms with Crippen LogP contribution in [0.4, 0.5) is 10.1 Å². The molecule has 1 aliphatic carbocycles. The van der Waals surface area contributed by atoms with Gasteiger partial charge < -0.3 is 10.2 Å². The molecule has 0 bridgehead atoms. The van der Waals surface area contributed by atoms with Gasteiger partial charge in [-0.1, -0.05) is 50.1 Å². The highest BCUT2D eigenvalue weighted by atomic mass is 32.2. The number of aryl methyl sites for hydroxylation is 1. The first-order chi connectivity index (χ1) is 17.6. The van der Waals surface area contributed by atoms with E-state index in [9.17, 15) is 22.4 Å². The smallest absolute Gasteiger partial charge is 0.243 e. The number of carbonyl (C=O) groups is 2. The van der Waals surface area contributed by atoms with E-state index in [0.29, 0.717) is 18.5 Å². The molecule has 0 radical (unpaired) electrons. The number of halogens is 1. The van der Waals surface area contributed by atoms with Crippen molar-refractivity contribution >= 4 is 27.5 Å². The predicted octanol–water partition coefficient (Wildman–Crippen LogP) is 4.55. The molecule has 3 rings (SSSR count). The summed E-state index contributed by atoms with van der Waals surface area (Å²) in [7, 11) is -3.55. The minimum Gasteiger partial charge on any atom is -0.352 e. The Hall–Kier alpha value is -2.94. The number of para-hydroxylation sites is 1. The quantitative estimate of drug-likeness (QED) is 0.436. The highest BCUT2D eigenvalue weighted by molar-refractivity contribution is 7.92. The molecule has 0 heterocycles. The van der Waals surface area contributed by atoms with Crippen LogP contribution in [-0.2, 0) is 26.2 Å². The minimum absolute atomic E-state index is 0.0757. The van der Waals surface area contributed by atoms with Crippen molar-refractivity contribution in [3.05, 3.63) is 65.5 Å². The van der Waals surface area contributed by atoms with Gasteiger partial charge in [-0.2, -0.15) is 0 Å². The molecular formula is C28H38FN3O4S. The number of hydrogen-bond acceptors (Lipinski definition) is 4. The second-order valence-corrected chi connectivity index (χ2v) is 11.7. The Bertz CT molecular complexity index is 1160. The standard InChI is InChI=1S/C28H38FN3O4S/c1-4-25(28(34)30-24-11-6-7-12-24)31(20-22-15-17-23(29)18-16-22)27(33)14-9-19-32(37(3,35)36)26-13-8-5-10-21(26)2/h5,8,10,13,15-18,24-25H,4,6-7,9,11-12,14,19-20H2,1-3H3,(H,30,34). The Morgan fingerprint density at radius 2 is 1.73 bits per heavy atom. The summed E-state index contributed by atoms with van der Waals surface area (Å²) < 4.78 is 39.8. The fourth-order valence-corrected chi connectivity index (χ4v) is 5.92. The lowest BCUT2D eigenvalue weighted by Gasteiger charge is -2.32. The van der Waals surface area contributed by atoms with Crippen molar-refractivity contribution in [3.8, 4) is 0 Å². The molecule has 1 N–H and O–H groups in total. The van der Waals surface area contributed by atoms with Crippen molar-refractivity contribution < 1.29 is 22.4 Å². The fraction of sp³-hybridized carbons (Fsp3) is 0.500. The topological polar surface area (TPSA) is 86.8 Å². The van der Waals surface area contributed by atoms with Gasteiger partial charge in [0.1, 0.15) is 11.9 Å². The van der Waals surface area contributed by atoms with Crippen LogP contribution in [-0.4, -0.2) is 50.0 Å². The lowest BCUT2D eigenvalue weighted by molar-refractivity contribution is -0.141. The molecule has 1 unspecified atom stereocenters. The van der Waals surface area contributed by atoms with Crippen LogP contribution in [0, 0.1) is 12.7 Å². The largest absolute Gasteiger partial charge is 0.352 e. The molecule has 0 aromatic heterocycles. The SMILES string of the molecule is CCC(C(=O)NC1CCCC1)N(Cc1ccc(F)cc1)C(=O)CCCN(c1ccccc1C)S(C)(=O)=O. The Balaban J connectivity index is 1.76. The average molecular weight is 532 g/mol. The summed E-state index contributed by atoms with van der Waals surface area (Å²) >= 11 is 0. The van der Waals surface area contributed by atoms with E-state index in [2.05, 4.69) is 5.32 Å². The van der Waals surface area contributed by atoms with Crippen molar-refractivity contribution in [1.82, 2.24) is 10.2 Å². The summed E-state index contributed by atoms with van der Waals surface area (Å²) in [6.45, 7) is 4.03. The van der Waals surface area contributed by atoms with Gasteiger partial charge in [0.15, 0.2) is 0 Å². The average Bonchev–Trinajstić information content (AvgIpc) is 3.36. The van der Waals surface area contributed by atoms with Crippen LogP contribution >= 0.6 is 0 Å². The van der Waals surface area contributed by atoms with E-state index in [1.54, 1.807) is 29.2 Å². The number of nitrogens with zero attached hydrogens (tertiary/aromatic N) is 2. The predicted molar refractivity (Wildman–Crippen MR) is 144 cm³/mol. The van der Waals surface area contributed by atoms with Crippen LogP contribution in [0.5, 0.6) is 0 Å². The van der Waals surface area contributed by atoms with Gasteiger partial charge in [-0.3, -0.25) is 13.9 Å². The molecule has 1 aliphatic rings. The summed E-state index contributed by atoms with van der Waals surface area (Å²) in [5, 5.41) is 3.10. The number of rotatable bonds is 12. The maximum absolute atomic E-state index is 13.5. The zero-order valence-corrected chi connectivity index (χ0v) is 22.8. The van der Waals surface area contributed by atoms with E-state index in [-0.39, 0.29) is 43.2 Å². The first-order valence-electron chi connectivity index (χ1n) is 13.0. The number of hydrogen-bond donors (Lipinski definition) is 1. The van der Waals surface area contributed by atoms with Crippen LogP contribution in [0.2, 0.25) is 0 Å². The van der Waals surface area contributed by atoms with Gasteiger partial charge >= 0.3 is 0 Å².